The van der Waals surface area contributed by atoms with Crippen LogP contribution in [0.1, 0.15) is 0 Å². The Labute approximate surface area is 192 Å². The molecule has 19 heteroatoms. The second kappa shape index (κ2) is 9.39. The van der Waals surface area contributed by atoms with Gasteiger partial charge in [-0.15, -0.1) is 0 Å². The lowest BCUT2D eigenvalue weighted by Gasteiger charge is -2.22. The maximum Gasteiger partial charge on any atom is 0.469 e. The van der Waals surface area contributed by atoms with Gasteiger partial charge in [0, 0.05) is 0 Å². The summed E-state index contributed by atoms with van der Waals surface area (Å²) in [6.45, 7) is 0. The summed E-state index contributed by atoms with van der Waals surface area (Å²) in [6, 6.07) is 0. The predicted octanol–water partition coefficient (Wildman–Crippen LogP) is 6.75. The van der Waals surface area contributed by atoms with E-state index < -0.39 is 112 Å². The van der Waals surface area contributed by atoms with Crippen LogP contribution in [0.15, 0.2) is 0 Å². The maximum absolute atomic E-state index is 14.3. The largest absolute Gasteiger partial charge is 0.469 e. The van der Waals surface area contributed by atoms with Crippen molar-refractivity contribution in [3.8, 4) is 11.5 Å². The van der Waals surface area contributed by atoms with Gasteiger partial charge in [-0.2, -0.15) is 17.6 Å². The lowest BCUT2D eigenvalue weighted by molar-refractivity contribution is 0.310. The van der Waals surface area contributed by atoms with Crippen LogP contribution in [0, 0.1) is 87.3 Å². The average Bonchev–Trinajstić information content (AvgIpc) is 2.86. The van der Waals surface area contributed by atoms with Crippen LogP contribution in [-0.2, 0) is 4.57 Å². The zero-order valence-electron chi connectivity index (χ0n) is 16.3. The van der Waals surface area contributed by atoms with Gasteiger partial charge in [-0.1, -0.05) is 0 Å². The van der Waals surface area contributed by atoms with E-state index in [0.717, 1.165) is 0 Å². The van der Waals surface area contributed by atoms with Gasteiger partial charge < -0.3 is 9.05 Å². The van der Waals surface area contributed by atoms with Gasteiger partial charge >= 0.3 is 7.60 Å². The molecule has 3 aromatic rings. The minimum absolute atomic E-state index is 2.84. The second-order valence-electron chi connectivity index (χ2n) is 6.40. The van der Waals surface area contributed by atoms with Gasteiger partial charge in [0.05, 0.1) is 0 Å². The van der Waals surface area contributed by atoms with Crippen LogP contribution in [0.2, 0.25) is 0 Å². The summed E-state index contributed by atoms with van der Waals surface area (Å²) in [5, 5.41) is -2.99. The first-order chi connectivity index (χ1) is 17.0. The molecule has 0 aliphatic rings. The van der Waals surface area contributed by atoms with E-state index in [1.54, 1.807) is 0 Å². The highest BCUT2D eigenvalue weighted by molar-refractivity contribution is 7.63. The Balaban J connectivity index is 2.44. The smallest absolute Gasteiger partial charge is 0.406 e. The van der Waals surface area contributed by atoms with Gasteiger partial charge in [0.15, 0.2) is 28.6 Å². The summed E-state index contributed by atoms with van der Waals surface area (Å²) in [5.74, 6) is -51.4. The molecule has 3 nitrogen and oxygen atoms in total. The van der Waals surface area contributed by atoms with E-state index in [4.69, 9.17) is 0 Å². The average molecular weight is 580 g/mol. The molecule has 0 spiro atoms. The predicted molar refractivity (Wildman–Crippen MR) is 87.2 cm³/mol. The van der Waals surface area contributed by atoms with Crippen LogP contribution in [0.4, 0.5) is 65.9 Å². The molecule has 0 radical (unpaired) electrons. The number of hydrogen-bond donors (Lipinski definition) is 0. The summed E-state index contributed by atoms with van der Waals surface area (Å²) in [4.78, 5) is 0. The molecule has 0 saturated carbocycles. The number of benzene rings is 3. The summed E-state index contributed by atoms with van der Waals surface area (Å²) in [7, 11) is -7.15. The molecular weight excluding hydrogens is 580 g/mol. The van der Waals surface area contributed by atoms with Crippen molar-refractivity contribution in [1.82, 2.24) is 0 Å². The third-order valence-corrected chi connectivity index (χ3v) is 6.01. The van der Waals surface area contributed by atoms with Crippen LogP contribution in [0.25, 0.3) is 0 Å². The second-order valence-corrected chi connectivity index (χ2v) is 8.20. The Kier molecular flexibility index (Phi) is 7.11. The third-order valence-electron chi connectivity index (χ3n) is 4.22. The maximum atomic E-state index is 14.3. The molecule has 0 fully saturated rings. The fourth-order valence-electron chi connectivity index (χ4n) is 2.51. The highest BCUT2D eigenvalue weighted by atomic mass is 31.2. The summed E-state index contributed by atoms with van der Waals surface area (Å²) >= 11 is 0. The Morgan fingerprint density at radius 1 is 0.324 bits per heavy atom. The first kappa shape index (κ1) is 28.0. The van der Waals surface area contributed by atoms with Gasteiger partial charge in [-0.25, -0.2) is 52.9 Å². The first-order valence-electron chi connectivity index (χ1n) is 8.51. The third kappa shape index (κ3) is 4.22. The lowest BCUT2D eigenvalue weighted by Crippen LogP contribution is -2.27. The fourth-order valence-corrected chi connectivity index (χ4v) is 4.21. The molecule has 0 aliphatic carbocycles. The van der Waals surface area contributed by atoms with Crippen molar-refractivity contribution in [2.75, 3.05) is 0 Å². The topological polar surface area (TPSA) is 35.5 Å². The molecule has 0 saturated heterocycles. The van der Waals surface area contributed by atoms with Crippen molar-refractivity contribution in [3.63, 3.8) is 0 Å². The molecule has 0 unspecified atom stereocenters. The van der Waals surface area contributed by atoms with Gasteiger partial charge in [-0.3, -0.25) is 0 Å². The number of halogens is 15. The number of rotatable bonds is 5. The SMILES string of the molecule is O=P(Oc1c(F)c(F)c(F)c(F)c1F)(Oc1c(F)c(F)c(F)c(F)c1F)c1c(F)c(F)c(F)c(F)c1F. The molecule has 3 aromatic carbocycles. The van der Waals surface area contributed by atoms with Crippen molar-refractivity contribution in [2.24, 2.45) is 0 Å². The Bertz CT molecular complexity index is 1360. The molecule has 3 rings (SSSR count). The fraction of sp³-hybridized carbons (Fsp3) is 0. The minimum Gasteiger partial charge on any atom is -0.406 e. The normalized spacial score (nSPS) is 11.8. The standard InChI is InChI=1S/C18F15O3P/c19-1-4(22)10(28)16(11(29)5(1)23)35-37(34,18-14(32)8(26)3(21)9(27)15(18)33)36-17-12(30)6(24)2(20)7(25)13(17)31. The van der Waals surface area contributed by atoms with Crippen molar-refractivity contribution in [1.29, 1.82) is 0 Å². The molecule has 200 valence electrons. The van der Waals surface area contributed by atoms with Crippen molar-refractivity contribution in [2.45, 2.75) is 0 Å². The molecule has 0 aliphatic heterocycles. The zero-order chi connectivity index (χ0) is 28.3. The lowest BCUT2D eigenvalue weighted by atomic mass is 10.3. The van der Waals surface area contributed by atoms with Crippen LogP contribution in [0.3, 0.4) is 0 Å². The highest BCUT2D eigenvalue weighted by Gasteiger charge is 2.46. The van der Waals surface area contributed by atoms with E-state index in [-0.39, 0.29) is 0 Å². The summed E-state index contributed by atoms with van der Waals surface area (Å²) in [6.07, 6.45) is 0. The molecular formula is C18F15O3P. The molecule has 0 heterocycles. The zero-order valence-corrected chi connectivity index (χ0v) is 17.2. The molecule has 0 amide bonds. The Morgan fingerprint density at radius 3 is 0.757 bits per heavy atom. The van der Waals surface area contributed by atoms with Crippen molar-refractivity contribution >= 4 is 12.9 Å². The van der Waals surface area contributed by atoms with E-state index in [0.29, 0.717) is 0 Å². The highest BCUT2D eigenvalue weighted by Crippen LogP contribution is 2.52. The van der Waals surface area contributed by atoms with Gasteiger partial charge in [0.25, 0.3) is 0 Å². The molecule has 0 N–H and O–H groups in total. The van der Waals surface area contributed by atoms with Crippen LogP contribution < -0.4 is 14.4 Å². The van der Waals surface area contributed by atoms with Crippen molar-refractivity contribution in [3.05, 3.63) is 87.3 Å². The Hall–Kier alpha value is -3.56. The summed E-state index contributed by atoms with van der Waals surface area (Å²) in [5.41, 5.74) is 0. The summed E-state index contributed by atoms with van der Waals surface area (Å²) < 4.78 is 226. The molecule has 0 atom stereocenters. The van der Waals surface area contributed by atoms with E-state index >= 15 is 0 Å². The number of hydrogen-bond acceptors (Lipinski definition) is 3. The minimum atomic E-state index is -7.15. The van der Waals surface area contributed by atoms with Gasteiger partial charge in [0.1, 0.15) is 0 Å². The molecule has 0 aromatic heterocycles. The van der Waals surface area contributed by atoms with E-state index in [9.17, 15) is 70.4 Å². The van der Waals surface area contributed by atoms with Gasteiger partial charge in [0.2, 0.25) is 75.5 Å². The Morgan fingerprint density at radius 2 is 0.514 bits per heavy atom. The van der Waals surface area contributed by atoms with E-state index in [1.807, 2.05) is 0 Å². The van der Waals surface area contributed by atoms with Crippen LogP contribution in [-0.4, -0.2) is 0 Å². The van der Waals surface area contributed by atoms with Crippen LogP contribution >= 0.6 is 7.60 Å². The van der Waals surface area contributed by atoms with E-state index in [2.05, 4.69) is 9.05 Å². The quantitative estimate of drug-likeness (QED) is 0.145. The molecule has 0 bridgehead atoms. The van der Waals surface area contributed by atoms with E-state index in [1.165, 1.54) is 0 Å². The molecule has 37 heavy (non-hydrogen) atoms. The van der Waals surface area contributed by atoms with Crippen LogP contribution in [0.5, 0.6) is 11.5 Å². The van der Waals surface area contributed by atoms with Crippen molar-refractivity contribution < 1.29 is 79.5 Å². The first-order valence-corrected chi connectivity index (χ1v) is 10.1. The monoisotopic (exact) mass is 580 g/mol. The van der Waals surface area contributed by atoms with Gasteiger partial charge in [-0.05, 0) is 0 Å².